The minimum atomic E-state index is -4.52. The topological polar surface area (TPSA) is 75.4 Å². The molecule has 1 aromatic heterocycles. The number of nitrogens with zero attached hydrogens (tertiary/aromatic N) is 3. The predicted octanol–water partition coefficient (Wildman–Crippen LogP) is 3.47. The molecule has 1 amide bonds. The van der Waals surface area contributed by atoms with Crippen LogP contribution >= 0.6 is 0 Å². The van der Waals surface area contributed by atoms with Crippen LogP contribution in [0.5, 0.6) is 0 Å². The highest BCUT2D eigenvalue weighted by atomic mass is 19.4. The van der Waals surface area contributed by atoms with E-state index in [1.165, 1.54) is 22.0 Å². The molecule has 2 heterocycles. The number of piperidine rings is 1. The number of hydrogen-bond donors (Lipinski definition) is 1. The highest BCUT2D eigenvalue weighted by Crippen LogP contribution is 2.31. The Morgan fingerprint density at radius 1 is 1.14 bits per heavy atom. The average Bonchev–Trinajstić information content (AvgIpc) is 3.17. The van der Waals surface area contributed by atoms with Gasteiger partial charge in [0.2, 0.25) is 6.17 Å². The van der Waals surface area contributed by atoms with Crippen LogP contribution < -0.4 is 0 Å². The van der Waals surface area contributed by atoms with E-state index in [1.54, 1.807) is 0 Å². The number of halogens is 4. The molecule has 1 aromatic carbocycles. The standard InChI is InChI=1S/C18H17F4N3O3/c19-15(11-1-3-13(4-2-11)18(20,21)22)16(26)24-7-5-14(6-8-24)25-10-12(9-23-25)17(27)28/h1-4,9-10,14-15H,5-8H2,(H,27,28). The molecule has 1 atom stereocenters. The number of rotatable bonds is 4. The summed E-state index contributed by atoms with van der Waals surface area (Å²) in [5.74, 6) is -1.89. The summed E-state index contributed by atoms with van der Waals surface area (Å²) < 4.78 is 53.8. The number of carboxylic acid groups (broad SMARTS) is 1. The van der Waals surface area contributed by atoms with Gasteiger partial charge in [-0.3, -0.25) is 9.48 Å². The van der Waals surface area contributed by atoms with Gasteiger partial charge in [-0.15, -0.1) is 0 Å². The Morgan fingerprint density at radius 2 is 1.75 bits per heavy atom. The van der Waals surface area contributed by atoms with Crippen LogP contribution in [0.25, 0.3) is 0 Å². The van der Waals surface area contributed by atoms with E-state index in [4.69, 9.17) is 5.11 Å². The number of aromatic carboxylic acids is 1. The molecule has 0 saturated carbocycles. The first-order valence-electron chi connectivity index (χ1n) is 8.54. The van der Waals surface area contributed by atoms with E-state index in [1.807, 2.05) is 0 Å². The molecule has 2 aromatic rings. The van der Waals surface area contributed by atoms with Crippen LogP contribution in [-0.4, -0.2) is 44.8 Å². The summed E-state index contributed by atoms with van der Waals surface area (Å²) >= 11 is 0. The Morgan fingerprint density at radius 3 is 2.25 bits per heavy atom. The van der Waals surface area contributed by atoms with Gasteiger partial charge < -0.3 is 10.0 Å². The Hall–Kier alpha value is -2.91. The summed E-state index contributed by atoms with van der Waals surface area (Å²) in [6.07, 6.45) is -2.99. The molecule has 1 unspecified atom stereocenters. The third-order valence-corrected chi connectivity index (χ3v) is 4.75. The number of carboxylic acids is 1. The zero-order valence-corrected chi connectivity index (χ0v) is 14.6. The maximum absolute atomic E-state index is 14.5. The van der Waals surface area contributed by atoms with Crippen LogP contribution in [0, 0.1) is 0 Å². The van der Waals surface area contributed by atoms with Crippen LogP contribution in [0.15, 0.2) is 36.7 Å². The number of benzene rings is 1. The smallest absolute Gasteiger partial charge is 0.416 e. The van der Waals surface area contributed by atoms with Gasteiger partial charge in [-0.1, -0.05) is 12.1 Å². The zero-order chi connectivity index (χ0) is 20.5. The van der Waals surface area contributed by atoms with E-state index in [9.17, 15) is 27.2 Å². The van der Waals surface area contributed by atoms with Gasteiger partial charge in [0.05, 0.1) is 23.4 Å². The van der Waals surface area contributed by atoms with Gasteiger partial charge in [0.1, 0.15) is 0 Å². The van der Waals surface area contributed by atoms with Crippen LogP contribution in [0.4, 0.5) is 17.6 Å². The quantitative estimate of drug-likeness (QED) is 0.799. The lowest BCUT2D eigenvalue weighted by atomic mass is 10.0. The molecule has 0 spiro atoms. The SMILES string of the molecule is O=C(O)c1cnn(C2CCN(C(=O)C(F)c3ccc(C(F)(F)F)cc3)CC2)c1. The molecule has 10 heteroatoms. The van der Waals surface area contributed by atoms with Crippen molar-refractivity contribution in [2.24, 2.45) is 0 Å². The molecular formula is C18H17F4N3O3. The fourth-order valence-electron chi connectivity index (χ4n) is 3.14. The van der Waals surface area contributed by atoms with Gasteiger partial charge in [0.25, 0.3) is 5.91 Å². The second-order valence-electron chi connectivity index (χ2n) is 6.55. The molecule has 1 aliphatic heterocycles. The lowest BCUT2D eigenvalue weighted by molar-refractivity contribution is -0.138. The van der Waals surface area contributed by atoms with Gasteiger partial charge in [-0.05, 0) is 30.5 Å². The van der Waals surface area contributed by atoms with Crippen molar-refractivity contribution in [3.05, 3.63) is 53.3 Å². The summed E-state index contributed by atoms with van der Waals surface area (Å²) in [7, 11) is 0. The van der Waals surface area contributed by atoms with Crippen LogP contribution in [0.1, 0.15) is 46.5 Å². The second-order valence-corrected chi connectivity index (χ2v) is 6.55. The van der Waals surface area contributed by atoms with Crippen LogP contribution in [-0.2, 0) is 11.0 Å². The predicted molar refractivity (Wildman–Crippen MR) is 89.3 cm³/mol. The molecule has 1 aliphatic rings. The van der Waals surface area contributed by atoms with E-state index in [0.717, 1.165) is 24.3 Å². The van der Waals surface area contributed by atoms with E-state index >= 15 is 0 Å². The minimum Gasteiger partial charge on any atom is -0.478 e. The Balaban J connectivity index is 1.60. The Labute approximate surface area is 157 Å². The normalized spacial score (nSPS) is 16.8. The number of alkyl halides is 4. The monoisotopic (exact) mass is 399 g/mol. The lowest BCUT2D eigenvalue weighted by Gasteiger charge is -2.33. The van der Waals surface area contributed by atoms with E-state index in [-0.39, 0.29) is 30.3 Å². The van der Waals surface area contributed by atoms with Gasteiger partial charge >= 0.3 is 12.1 Å². The van der Waals surface area contributed by atoms with Crippen molar-refractivity contribution in [1.82, 2.24) is 14.7 Å². The summed E-state index contributed by atoms with van der Waals surface area (Å²) in [4.78, 5) is 24.6. The lowest BCUT2D eigenvalue weighted by Crippen LogP contribution is -2.40. The average molecular weight is 399 g/mol. The Bertz CT molecular complexity index is 856. The second kappa shape index (κ2) is 7.61. The first-order valence-corrected chi connectivity index (χ1v) is 8.54. The first-order chi connectivity index (χ1) is 13.2. The maximum atomic E-state index is 14.5. The Kier molecular flexibility index (Phi) is 5.39. The van der Waals surface area contributed by atoms with Gasteiger partial charge in [0, 0.05) is 19.3 Å². The molecule has 0 aliphatic carbocycles. The summed E-state index contributed by atoms with van der Waals surface area (Å²) in [6, 6.07) is 3.32. The van der Waals surface area contributed by atoms with Crippen LogP contribution in [0.3, 0.4) is 0 Å². The molecule has 1 saturated heterocycles. The van der Waals surface area contributed by atoms with Crippen molar-refractivity contribution < 1.29 is 32.3 Å². The van der Waals surface area contributed by atoms with Crippen molar-refractivity contribution in [3.63, 3.8) is 0 Å². The fraction of sp³-hybridized carbons (Fsp3) is 0.389. The summed E-state index contributed by atoms with van der Waals surface area (Å²) in [6.45, 7) is 0.486. The highest BCUT2D eigenvalue weighted by Gasteiger charge is 2.33. The third-order valence-electron chi connectivity index (χ3n) is 4.75. The third kappa shape index (κ3) is 4.15. The van der Waals surface area contributed by atoms with E-state index in [2.05, 4.69) is 5.10 Å². The number of carbonyl (C=O) groups excluding carboxylic acids is 1. The zero-order valence-electron chi connectivity index (χ0n) is 14.6. The highest BCUT2D eigenvalue weighted by molar-refractivity contribution is 5.86. The molecular weight excluding hydrogens is 382 g/mol. The van der Waals surface area contributed by atoms with E-state index in [0.29, 0.717) is 12.8 Å². The van der Waals surface area contributed by atoms with Crippen molar-refractivity contribution in [2.45, 2.75) is 31.2 Å². The van der Waals surface area contributed by atoms with Crippen molar-refractivity contribution in [2.75, 3.05) is 13.1 Å². The molecule has 28 heavy (non-hydrogen) atoms. The molecule has 3 rings (SSSR count). The van der Waals surface area contributed by atoms with E-state index < -0.39 is 29.8 Å². The summed E-state index contributed by atoms with van der Waals surface area (Å²) in [5, 5.41) is 12.9. The first kappa shape index (κ1) is 19.8. The number of aromatic nitrogens is 2. The van der Waals surface area contributed by atoms with Gasteiger partial charge in [-0.25, -0.2) is 9.18 Å². The molecule has 0 bridgehead atoms. The molecule has 0 radical (unpaired) electrons. The number of carbonyl (C=O) groups is 2. The van der Waals surface area contributed by atoms with Crippen LogP contribution in [0.2, 0.25) is 0 Å². The fourth-order valence-corrected chi connectivity index (χ4v) is 3.14. The van der Waals surface area contributed by atoms with Crippen molar-refractivity contribution >= 4 is 11.9 Å². The largest absolute Gasteiger partial charge is 0.478 e. The van der Waals surface area contributed by atoms with Crippen molar-refractivity contribution in [3.8, 4) is 0 Å². The molecule has 6 nitrogen and oxygen atoms in total. The van der Waals surface area contributed by atoms with Gasteiger partial charge in [-0.2, -0.15) is 18.3 Å². The summed E-state index contributed by atoms with van der Waals surface area (Å²) in [5.41, 5.74) is -0.973. The number of hydrogen-bond acceptors (Lipinski definition) is 3. The maximum Gasteiger partial charge on any atom is 0.416 e. The number of likely N-dealkylation sites (tertiary alicyclic amines) is 1. The molecule has 1 fully saturated rings. The minimum absolute atomic E-state index is 0.0598. The number of amides is 1. The van der Waals surface area contributed by atoms with Crippen molar-refractivity contribution in [1.29, 1.82) is 0 Å². The van der Waals surface area contributed by atoms with Gasteiger partial charge in [0.15, 0.2) is 0 Å². The molecule has 150 valence electrons. The molecule has 1 N–H and O–H groups in total.